The molecule has 124 valence electrons. The normalized spacial score (nSPS) is 36.9. The molecule has 0 aliphatic heterocycles. The van der Waals surface area contributed by atoms with E-state index in [0.717, 1.165) is 38.0 Å². The minimum absolute atomic E-state index is 0. The summed E-state index contributed by atoms with van der Waals surface area (Å²) in [5.74, 6) is 2.46. The van der Waals surface area contributed by atoms with Crippen molar-refractivity contribution in [3.8, 4) is 0 Å². The number of hydrogen-bond donors (Lipinski definition) is 2. The third-order valence-corrected chi connectivity index (χ3v) is 5.44. The monoisotopic (exact) mass is 316 g/mol. The Morgan fingerprint density at radius 2 is 1.86 bits per heavy atom. The quantitative estimate of drug-likeness (QED) is 0.837. The van der Waals surface area contributed by atoms with Crippen LogP contribution in [-0.2, 0) is 4.79 Å². The molecule has 3 nitrogen and oxygen atoms in total. The van der Waals surface area contributed by atoms with Crippen LogP contribution in [0.25, 0.3) is 0 Å². The Bertz CT molecular complexity index is 335. The number of nitrogens with two attached hydrogens (primary N) is 1. The average Bonchev–Trinajstić information content (AvgIpc) is 2.38. The van der Waals surface area contributed by atoms with Gasteiger partial charge in [0.1, 0.15) is 0 Å². The first-order valence-corrected chi connectivity index (χ1v) is 8.53. The molecule has 2 aliphatic carbocycles. The molecule has 2 aliphatic rings. The summed E-state index contributed by atoms with van der Waals surface area (Å²) >= 11 is 0. The maximum atomic E-state index is 12.5. The second-order valence-electron chi connectivity index (χ2n) is 7.56. The molecule has 5 atom stereocenters. The third-order valence-electron chi connectivity index (χ3n) is 5.44. The van der Waals surface area contributed by atoms with Crippen molar-refractivity contribution >= 4 is 18.3 Å². The Balaban J connectivity index is 0.00000220. The lowest BCUT2D eigenvalue weighted by molar-refractivity contribution is -0.127. The van der Waals surface area contributed by atoms with Gasteiger partial charge in [0.15, 0.2) is 0 Å². The molecule has 0 radical (unpaired) electrons. The topological polar surface area (TPSA) is 55.1 Å². The van der Waals surface area contributed by atoms with Crippen LogP contribution in [0.3, 0.4) is 0 Å². The fourth-order valence-corrected chi connectivity index (χ4v) is 4.13. The highest BCUT2D eigenvalue weighted by atomic mass is 35.5. The zero-order valence-electron chi connectivity index (χ0n) is 13.8. The Morgan fingerprint density at radius 1 is 1.14 bits per heavy atom. The zero-order valence-corrected chi connectivity index (χ0v) is 14.6. The smallest absolute Gasteiger partial charge is 0.223 e. The SMILES string of the molecule is CC1CCC(C(C)C)C(NC(=O)C2CCCC(N)C2)C1.Cl. The molecule has 21 heavy (non-hydrogen) atoms. The van der Waals surface area contributed by atoms with Crippen LogP contribution in [0.5, 0.6) is 0 Å². The van der Waals surface area contributed by atoms with Gasteiger partial charge in [-0.15, -0.1) is 12.4 Å². The third kappa shape index (κ3) is 5.14. The van der Waals surface area contributed by atoms with Gasteiger partial charge in [0.25, 0.3) is 0 Å². The Labute approximate surface area is 136 Å². The predicted molar refractivity (Wildman–Crippen MR) is 90.5 cm³/mol. The van der Waals surface area contributed by atoms with Crippen molar-refractivity contribution in [1.82, 2.24) is 5.32 Å². The van der Waals surface area contributed by atoms with Crippen molar-refractivity contribution in [1.29, 1.82) is 0 Å². The van der Waals surface area contributed by atoms with E-state index in [1.807, 2.05) is 0 Å². The van der Waals surface area contributed by atoms with Crippen LogP contribution in [0.15, 0.2) is 0 Å². The van der Waals surface area contributed by atoms with E-state index in [2.05, 4.69) is 26.1 Å². The van der Waals surface area contributed by atoms with Crippen LogP contribution in [0.4, 0.5) is 0 Å². The summed E-state index contributed by atoms with van der Waals surface area (Å²) in [5.41, 5.74) is 6.01. The van der Waals surface area contributed by atoms with E-state index >= 15 is 0 Å². The molecule has 0 heterocycles. The number of carbonyl (C=O) groups excluding carboxylic acids is 1. The molecular formula is C17H33ClN2O. The lowest BCUT2D eigenvalue weighted by Gasteiger charge is -2.39. The summed E-state index contributed by atoms with van der Waals surface area (Å²) in [6.07, 6.45) is 7.80. The maximum Gasteiger partial charge on any atom is 0.223 e. The second-order valence-corrected chi connectivity index (χ2v) is 7.56. The van der Waals surface area contributed by atoms with E-state index in [0.29, 0.717) is 17.9 Å². The lowest BCUT2D eigenvalue weighted by atomic mass is 9.73. The number of rotatable bonds is 3. The van der Waals surface area contributed by atoms with Gasteiger partial charge in [0.2, 0.25) is 5.91 Å². The van der Waals surface area contributed by atoms with E-state index in [1.165, 1.54) is 12.8 Å². The summed E-state index contributed by atoms with van der Waals surface area (Å²) < 4.78 is 0. The summed E-state index contributed by atoms with van der Waals surface area (Å²) in [4.78, 5) is 12.5. The maximum absolute atomic E-state index is 12.5. The van der Waals surface area contributed by atoms with Crippen molar-refractivity contribution < 1.29 is 4.79 Å². The summed E-state index contributed by atoms with van der Waals surface area (Å²) in [5, 5.41) is 3.38. The number of amides is 1. The first-order chi connectivity index (χ1) is 9.47. The van der Waals surface area contributed by atoms with Gasteiger partial charge in [-0.05, 0) is 49.9 Å². The lowest BCUT2D eigenvalue weighted by Crippen LogP contribution is -2.48. The predicted octanol–water partition coefficient (Wildman–Crippen LogP) is 3.50. The Hall–Kier alpha value is -0.280. The van der Waals surface area contributed by atoms with Gasteiger partial charge in [-0.25, -0.2) is 0 Å². The minimum atomic E-state index is 0. The van der Waals surface area contributed by atoms with Crippen LogP contribution in [0.1, 0.15) is 65.7 Å². The van der Waals surface area contributed by atoms with Crippen LogP contribution in [-0.4, -0.2) is 18.0 Å². The Morgan fingerprint density at radius 3 is 2.48 bits per heavy atom. The number of carbonyl (C=O) groups is 1. The number of halogens is 1. The van der Waals surface area contributed by atoms with E-state index in [4.69, 9.17) is 5.73 Å². The molecular weight excluding hydrogens is 284 g/mol. The van der Waals surface area contributed by atoms with Gasteiger partial charge in [-0.2, -0.15) is 0 Å². The van der Waals surface area contributed by atoms with Gasteiger partial charge in [-0.1, -0.05) is 33.6 Å². The molecule has 2 saturated carbocycles. The number of nitrogens with one attached hydrogen (secondary N) is 1. The molecule has 0 aromatic heterocycles. The summed E-state index contributed by atoms with van der Waals surface area (Å²) in [7, 11) is 0. The summed E-state index contributed by atoms with van der Waals surface area (Å²) in [6.45, 7) is 6.89. The first-order valence-electron chi connectivity index (χ1n) is 8.53. The van der Waals surface area contributed by atoms with Crippen molar-refractivity contribution in [3.05, 3.63) is 0 Å². The molecule has 5 unspecified atom stereocenters. The van der Waals surface area contributed by atoms with Crippen LogP contribution in [0.2, 0.25) is 0 Å². The van der Waals surface area contributed by atoms with Gasteiger partial charge in [0.05, 0.1) is 0 Å². The second kappa shape index (κ2) is 8.38. The molecule has 3 N–H and O–H groups in total. The van der Waals surface area contributed by atoms with Gasteiger partial charge in [-0.3, -0.25) is 4.79 Å². The van der Waals surface area contributed by atoms with Crippen LogP contribution >= 0.6 is 12.4 Å². The van der Waals surface area contributed by atoms with E-state index < -0.39 is 0 Å². The molecule has 0 saturated heterocycles. The fourth-order valence-electron chi connectivity index (χ4n) is 4.13. The molecule has 0 aromatic rings. The van der Waals surface area contributed by atoms with E-state index in [1.54, 1.807) is 0 Å². The molecule has 2 fully saturated rings. The molecule has 0 aromatic carbocycles. The van der Waals surface area contributed by atoms with Crippen molar-refractivity contribution in [3.63, 3.8) is 0 Å². The highest BCUT2D eigenvalue weighted by molar-refractivity contribution is 5.85. The standard InChI is InChI=1S/C17H32N2O.ClH/c1-11(2)15-8-7-12(3)9-16(15)19-17(20)13-5-4-6-14(18)10-13;/h11-16H,4-10,18H2,1-3H3,(H,19,20);1H. The molecule has 0 spiro atoms. The first kappa shape index (κ1) is 18.8. The highest BCUT2D eigenvalue weighted by Gasteiger charge is 2.34. The minimum Gasteiger partial charge on any atom is -0.353 e. The van der Waals surface area contributed by atoms with Gasteiger partial charge in [0, 0.05) is 18.0 Å². The average molecular weight is 317 g/mol. The zero-order chi connectivity index (χ0) is 14.7. The highest BCUT2D eigenvalue weighted by Crippen LogP contribution is 2.34. The van der Waals surface area contributed by atoms with E-state index in [-0.39, 0.29) is 30.3 Å². The van der Waals surface area contributed by atoms with Crippen molar-refractivity contribution in [2.75, 3.05) is 0 Å². The van der Waals surface area contributed by atoms with Crippen LogP contribution < -0.4 is 11.1 Å². The van der Waals surface area contributed by atoms with E-state index in [9.17, 15) is 4.79 Å². The van der Waals surface area contributed by atoms with Gasteiger partial charge < -0.3 is 11.1 Å². The molecule has 2 rings (SSSR count). The van der Waals surface area contributed by atoms with Crippen LogP contribution in [0, 0.1) is 23.7 Å². The number of hydrogen-bond acceptors (Lipinski definition) is 2. The summed E-state index contributed by atoms with van der Waals surface area (Å²) in [6, 6.07) is 0.607. The molecule has 1 amide bonds. The molecule has 0 bridgehead atoms. The van der Waals surface area contributed by atoms with Crippen molar-refractivity contribution in [2.24, 2.45) is 29.4 Å². The molecule has 4 heteroatoms. The Kier molecular flexibility index (Phi) is 7.49. The van der Waals surface area contributed by atoms with Crippen molar-refractivity contribution in [2.45, 2.75) is 77.8 Å². The fraction of sp³-hybridized carbons (Fsp3) is 0.941. The largest absolute Gasteiger partial charge is 0.353 e. The van der Waals surface area contributed by atoms with Gasteiger partial charge >= 0.3 is 0 Å².